The Morgan fingerprint density at radius 3 is 1.46 bits per heavy atom. The molecule has 0 saturated heterocycles. The molecule has 37 heavy (non-hydrogen) atoms. The van der Waals surface area contributed by atoms with Crippen molar-refractivity contribution in [1.29, 1.82) is 0 Å². The molecule has 0 spiro atoms. The average molecular weight is 560 g/mol. The molecule has 0 bridgehead atoms. The topological polar surface area (TPSA) is 29.5 Å². The van der Waals surface area contributed by atoms with Gasteiger partial charge in [0.2, 0.25) is 0 Å². The Morgan fingerprint density at radius 2 is 1.03 bits per heavy atom. The molecule has 2 aromatic rings. The van der Waals surface area contributed by atoms with Crippen LogP contribution in [0.25, 0.3) is 0 Å². The zero-order valence-corrected chi connectivity index (χ0v) is 18.4. The summed E-state index contributed by atoms with van der Waals surface area (Å²) in [6.45, 7) is 1.66. The summed E-state index contributed by atoms with van der Waals surface area (Å²) in [6, 6.07) is 8.99. The minimum Gasteiger partial charge on any atom is -0.494 e. The second-order valence-corrected chi connectivity index (χ2v) is 7.86. The number of hydrogen-bond donors (Lipinski definition) is 1. The van der Waals surface area contributed by atoms with E-state index in [2.05, 4.69) is 0 Å². The lowest BCUT2D eigenvalue weighted by Crippen LogP contribution is -2.70. The van der Waals surface area contributed by atoms with Crippen LogP contribution in [-0.2, 0) is 5.60 Å². The highest BCUT2D eigenvalue weighted by molar-refractivity contribution is 5.39. The molecule has 0 fully saturated rings. The average Bonchev–Trinajstić information content (AvgIpc) is 2.78. The second kappa shape index (κ2) is 9.55. The van der Waals surface area contributed by atoms with Gasteiger partial charge in [0.15, 0.2) is 0 Å². The van der Waals surface area contributed by atoms with Gasteiger partial charge in [0.1, 0.15) is 11.4 Å². The molecule has 0 aliphatic rings. The van der Waals surface area contributed by atoms with Crippen molar-refractivity contribution in [2.45, 2.75) is 54.7 Å². The van der Waals surface area contributed by atoms with Gasteiger partial charge in [-0.2, -0.15) is 57.1 Å². The van der Waals surface area contributed by atoms with E-state index in [1.165, 1.54) is 6.07 Å². The van der Waals surface area contributed by atoms with E-state index in [1.807, 2.05) is 0 Å². The lowest BCUT2D eigenvalue weighted by molar-refractivity contribution is -0.441. The summed E-state index contributed by atoms with van der Waals surface area (Å²) in [5.74, 6) is -37.7. The summed E-state index contributed by atoms with van der Waals surface area (Å²) in [6.07, 6.45) is -10.3. The van der Waals surface area contributed by atoms with Crippen LogP contribution >= 0.6 is 0 Å². The van der Waals surface area contributed by atoms with Crippen LogP contribution in [0.2, 0.25) is 0 Å². The smallest absolute Gasteiger partial charge is 0.460 e. The van der Waals surface area contributed by atoms with Gasteiger partial charge in [0.05, 0.1) is 13.0 Å². The molecule has 0 saturated carbocycles. The minimum absolute atomic E-state index is 0.0827. The monoisotopic (exact) mass is 560 g/mol. The summed E-state index contributed by atoms with van der Waals surface area (Å²) >= 11 is 0. The Morgan fingerprint density at radius 1 is 0.595 bits per heavy atom. The molecule has 208 valence electrons. The quantitative estimate of drug-likeness (QED) is 0.306. The van der Waals surface area contributed by atoms with Crippen molar-refractivity contribution in [3.05, 3.63) is 65.7 Å². The van der Waals surface area contributed by atoms with Crippen molar-refractivity contribution in [2.24, 2.45) is 0 Å². The summed E-state index contributed by atoms with van der Waals surface area (Å²) < 4.78 is 181. The largest absolute Gasteiger partial charge is 0.494 e. The fraction of sp³-hybridized carbons (Fsp3) is 0.455. The number of rotatable bonds is 10. The van der Waals surface area contributed by atoms with E-state index in [0.717, 1.165) is 48.5 Å². The first-order chi connectivity index (χ1) is 16.6. The molecule has 0 aromatic heterocycles. The van der Waals surface area contributed by atoms with Gasteiger partial charge < -0.3 is 9.84 Å². The van der Waals surface area contributed by atoms with Crippen LogP contribution < -0.4 is 4.74 Å². The first kappa shape index (κ1) is 30.5. The third kappa shape index (κ3) is 4.93. The molecular formula is C22H17F13O2. The Balaban J connectivity index is 2.64. The molecule has 15 heteroatoms. The van der Waals surface area contributed by atoms with Gasteiger partial charge in [0, 0.05) is 0 Å². The fourth-order valence-corrected chi connectivity index (χ4v) is 3.31. The molecule has 0 aliphatic carbocycles. The Hall–Kier alpha value is -2.71. The maximum atomic E-state index is 14.7. The molecule has 0 heterocycles. The van der Waals surface area contributed by atoms with Crippen molar-refractivity contribution >= 4 is 0 Å². The zero-order valence-electron chi connectivity index (χ0n) is 18.4. The molecule has 2 nitrogen and oxygen atoms in total. The van der Waals surface area contributed by atoms with Gasteiger partial charge in [-0.15, -0.1) is 0 Å². The van der Waals surface area contributed by atoms with E-state index >= 15 is 0 Å². The van der Waals surface area contributed by atoms with Crippen molar-refractivity contribution in [3.8, 4) is 5.75 Å². The molecular weight excluding hydrogens is 543 g/mol. The number of benzene rings is 2. The van der Waals surface area contributed by atoms with Gasteiger partial charge in [-0.1, -0.05) is 42.5 Å². The molecule has 2 rings (SSSR count). The van der Waals surface area contributed by atoms with E-state index in [9.17, 15) is 62.2 Å². The van der Waals surface area contributed by atoms with E-state index in [4.69, 9.17) is 4.74 Å². The van der Waals surface area contributed by atoms with Crippen LogP contribution in [-0.4, -0.2) is 47.5 Å². The first-order valence-corrected chi connectivity index (χ1v) is 10.1. The van der Waals surface area contributed by atoms with E-state index in [0.29, 0.717) is 0 Å². The number of halogens is 13. The van der Waals surface area contributed by atoms with Crippen LogP contribution in [0, 0.1) is 0 Å². The number of hydrogen-bond acceptors (Lipinski definition) is 2. The second-order valence-electron chi connectivity index (χ2n) is 7.86. The van der Waals surface area contributed by atoms with Gasteiger partial charge in [0.25, 0.3) is 0 Å². The first-order valence-electron chi connectivity index (χ1n) is 10.1. The highest BCUT2D eigenvalue weighted by Crippen LogP contribution is 2.61. The SMILES string of the molecule is CCOc1ccc(C(O)(CC(F)(F)C(F)(F)C(F)(F)C(F)(F)C(F)(F)C(F)(F)F)c2ccccc2)cc1. The minimum atomic E-state index is -8.02. The van der Waals surface area contributed by atoms with Crippen molar-refractivity contribution in [2.75, 3.05) is 6.61 Å². The Bertz CT molecular complexity index is 1050. The van der Waals surface area contributed by atoms with E-state index in [1.54, 1.807) is 6.92 Å². The molecule has 0 radical (unpaired) electrons. The lowest BCUT2D eigenvalue weighted by atomic mass is 9.79. The molecule has 1 unspecified atom stereocenters. The summed E-state index contributed by atoms with van der Waals surface area (Å²) in [4.78, 5) is 0. The van der Waals surface area contributed by atoms with Crippen LogP contribution in [0.15, 0.2) is 54.6 Å². The van der Waals surface area contributed by atoms with E-state index in [-0.39, 0.29) is 12.4 Å². The normalized spacial score (nSPS) is 15.9. The van der Waals surface area contributed by atoms with Crippen molar-refractivity contribution in [3.63, 3.8) is 0 Å². The molecule has 1 atom stereocenters. The van der Waals surface area contributed by atoms with Gasteiger partial charge in [-0.05, 0) is 30.2 Å². The third-order valence-electron chi connectivity index (χ3n) is 5.37. The highest BCUT2D eigenvalue weighted by atomic mass is 19.4. The number of aliphatic hydroxyl groups is 1. The van der Waals surface area contributed by atoms with Crippen LogP contribution in [0.4, 0.5) is 57.1 Å². The Labute approximate surface area is 200 Å². The standard InChI is InChI=1S/C22H17F13O2/c1-2-37-15-10-8-14(9-11-15)16(36,13-6-4-3-5-7-13)12-17(23,24)18(25,26)19(27,28)20(29,30)21(31,32)22(33,34)35/h3-11,36H,2,12H2,1H3. The summed E-state index contributed by atoms with van der Waals surface area (Å²) in [5.41, 5.74) is -4.67. The molecule has 0 aliphatic heterocycles. The summed E-state index contributed by atoms with van der Waals surface area (Å²) in [7, 11) is 0. The maximum absolute atomic E-state index is 14.7. The highest BCUT2D eigenvalue weighted by Gasteiger charge is 2.90. The van der Waals surface area contributed by atoms with Crippen molar-refractivity contribution in [1.82, 2.24) is 0 Å². The van der Waals surface area contributed by atoms with Gasteiger partial charge >= 0.3 is 35.8 Å². The Kier molecular flexibility index (Phi) is 7.87. The van der Waals surface area contributed by atoms with Crippen molar-refractivity contribution < 1.29 is 66.9 Å². The van der Waals surface area contributed by atoms with E-state index < -0.39 is 58.9 Å². The third-order valence-corrected chi connectivity index (χ3v) is 5.37. The van der Waals surface area contributed by atoms with Gasteiger partial charge in [-0.3, -0.25) is 0 Å². The predicted molar refractivity (Wildman–Crippen MR) is 102 cm³/mol. The molecule has 1 N–H and O–H groups in total. The fourth-order valence-electron chi connectivity index (χ4n) is 3.31. The van der Waals surface area contributed by atoms with Crippen LogP contribution in [0.1, 0.15) is 24.5 Å². The number of alkyl halides is 13. The predicted octanol–water partition coefficient (Wildman–Crippen LogP) is 7.45. The molecule has 2 aromatic carbocycles. The molecule has 0 amide bonds. The lowest BCUT2D eigenvalue weighted by Gasteiger charge is -2.42. The zero-order chi connectivity index (χ0) is 28.7. The maximum Gasteiger partial charge on any atom is 0.460 e. The van der Waals surface area contributed by atoms with Crippen LogP contribution in [0.5, 0.6) is 5.75 Å². The van der Waals surface area contributed by atoms with Gasteiger partial charge in [-0.25, -0.2) is 0 Å². The number of ether oxygens (including phenoxy) is 1. The van der Waals surface area contributed by atoms with Crippen LogP contribution in [0.3, 0.4) is 0 Å². The summed E-state index contributed by atoms with van der Waals surface area (Å²) in [5, 5.41) is 11.0.